The van der Waals surface area contributed by atoms with Crippen molar-refractivity contribution in [3.63, 3.8) is 0 Å². The van der Waals surface area contributed by atoms with Crippen molar-refractivity contribution < 1.29 is 0 Å². The van der Waals surface area contributed by atoms with Crippen LogP contribution in [0, 0.1) is 0 Å². The lowest BCUT2D eigenvalue weighted by molar-refractivity contribution is 0.769. The zero-order chi connectivity index (χ0) is 19.2. The normalized spacial score (nSPS) is 18.8. The summed E-state index contributed by atoms with van der Waals surface area (Å²) >= 11 is 0. The first-order chi connectivity index (χ1) is 14.4. The molecule has 6 rings (SSSR count). The summed E-state index contributed by atoms with van der Waals surface area (Å²) in [6, 6.07) is 32.7. The highest BCUT2D eigenvalue weighted by molar-refractivity contribution is 6.04. The summed E-state index contributed by atoms with van der Waals surface area (Å²) < 4.78 is 0. The first kappa shape index (κ1) is 16.4. The molecule has 2 aliphatic rings. The minimum Gasteiger partial charge on any atom is -0.310 e. The summed E-state index contributed by atoms with van der Waals surface area (Å²) in [6.45, 7) is 0. The van der Waals surface area contributed by atoms with E-state index in [1.807, 2.05) is 0 Å². The third-order valence-corrected chi connectivity index (χ3v) is 6.20. The Hall–Kier alpha value is -3.58. The van der Waals surface area contributed by atoms with E-state index >= 15 is 0 Å². The Bertz CT molecular complexity index is 1190. The van der Waals surface area contributed by atoms with E-state index in [2.05, 4.69) is 120 Å². The Labute approximate surface area is 171 Å². The molecule has 0 N–H and O–H groups in total. The Kier molecular flexibility index (Phi) is 3.67. The van der Waals surface area contributed by atoms with Crippen molar-refractivity contribution >= 4 is 27.8 Å². The number of hydrogen-bond donors (Lipinski definition) is 0. The lowest BCUT2D eigenvalue weighted by Crippen LogP contribution is -2.10. The van der Waals surface area contributed by atoms with Crippen molar-refractivity contribution in [2.24, 2.45) is 0 Å². The molecule has 0 amide bonds. The fourth-order valence-electron chi connectivity index (χ4n) is 4.98. The molecule has 0 fully saturated rings. The van der Waals surface area contributed by atoms with Crippen LogP contribution in [0.3, 0.4) is 0 Å². The minimum atomic E-state index is 0.454. The summed E-state index contributed by atoms with van der Waals surface area (Å²) in [5, 5.41) is 2.75. The van der Waals surface area contributed by atoms with Gasteiger partial charge in [-0.2, -0.15) is 0 Å². The number of nitrogens with zero attached hydrogens (tertiary/aromatic N) is 1. The van der Waals surface area contributed by atoms with Crippen molar-refractivity contribution in [3.8, 4) is 0 Å². The molecule has 29 heavy (non-hydrogen) atoms. The SMILES string of the molecule is C1=CC2c3cccc4c(N(c5ccccc5)c5ccccc5)ccc(c34)C2C=C1. The van der Waals surface area contributed by atoms with Gasteiger partial charge in [0, 0.05) is 28.6 Å². The number of para-hydroxylation sites is 2. The van der Waals surface area contributed by atoms with Crippen LogP contribution in [0.2, 0.25) is 0 Å². The van der Waals surface area contributed by atoms with Crippen molar-refractivity contribution in [2.75, 3.05) is 4.90 Å². The fourth-order valence-corrected chi connectivity index (χ4v) is 4.98. The van der Waals surface area contributed by atoms with Crippen LogP contribution in [0.15, 0.2) is 115 Å². The van der Waals surface area contributed by atoms with Gasteiger partial charge >= 0.3 is 0 Å². The highest BCUT2D eigenvalue weighted by Crippen LogP contribution is 2.52. The van der Waals surface area contributed by atoms with Gasteiger partial charge < -0.3 is 4.90 Å². The molecule has 0 bridgehead atoms. The van der Waals surface area contributed by atoms with Gasteiger partial charge in [-0.3, -0.25) is 0 Å². The van der Waals surface area contributed by atoms with Gasteiger partial charge in [0.05, 0.1) is 5.69 Å². The molecule has 1 heteroatoms. The number of rotatable bonds is 3. The van der Waals surface area contributed by atoms with E-state index in [1.165, 1.54) is 39.0 Å². The minimum absolute atomic E-state index is 0.454. The summed E-state index contributed by atoms with van der Waals surface area (Å²) in [4.78, 5) is 2.37. The highest BCUT2D eigenvalue weighted by Gasteiger charge is 2.33. The molecule has 1 nitrogen and oxygen atoms in total. The summed E-state index contributed by atoms with van der Waals surface area (Å²) in [5.41, 5.74) is 6.48. The Morgan fingerprint density at radius 3 is 1.72 bits per heavy atom. The predicted molar refractivity (Wildman–Crippen MR) is 122 cm³/mol. The van der Waals surface area contributed by atoms with E-state index < -0.39 is 0 Å². The van der Waals surface area contributed by atoms with Crippen LogP contribution < -0.4 is 4.90 Å². The monoisotopic (exact) mass is 371 g/mol. The van der Waals surface area contributed by atoms with E-state index in [1.54, 1.807) is 0 Å². The average molecular weight is 371 g/mol. The lowest BCUT2D eigenvalue weighted by Gasteiger charge is -2.27. The molecule has 0 aromatic heterocycles. The summed E-state index contributed by atoms with van der Waals surface area (Å²) in [7, 11) is 0. The second kappa shape index (κ2) is 6.49. The molecule has 0 aliphatic heterocycles. The van der Waals surface area contributed by atoms with Crippen LogP contribution in [-0.2, 0) is 0 Å². The topological polar surface area (TPSA) is 3.24 Å². The molecule has 2 atom stereocenters. The van der Waals surface area contributed by atoms with Crippen LogP contribution in [-0.4, -0.2) is 0 Å². The van der Waals surface area contributed by atoms with Crippen LogP contribution in [0.25, 0.3) is 10.8 Å². The van der Waals surface area contributed by atoms with Gasteiger partial charge in [0.15, 0.2) is 0 Å². The van der Waals surface area contributed by atoms with Crippen LogP contribution in [0.4, 0.5) is 17.1 Å². The number of fused-ring (bicyclic) bond motifs is 3. The molecular formula is C28H21N. The van der Waals surface area contributed by atoms with E-state index in [0.717, 1.165) is 0 Å². The standard InChI is InChI=1S/C28H21N/c1-3-10-20(11-4-1)29(21-12-5-2-6-13-21)27-19-18-25-23-15-8-7-14-22(23)24-16-9-17-26(27)28(24)25/h1-19,22-23H. The molecule has 0 saturated carbocycles. The Morgan fingerprint density at radius 2 is 1.10 bits per heavy atom. The average Bonchev–Trinajstić information content (AvgIpc) is 3.13. The number of hydrogen-bond acceptors (Lipinski definition) is 1. The van der Waals surface area contributed by atoms with Crippen molar-refractivity contribution in [3.05, 3.63) is 126 Å². The molecule has 0 saturated heterocycles. The second-order valence-electron chi connectivity index (χ2n) is 7.77. The molecule has 4 aromatic rings. The maximum Gasteiger partial charge on any atom is 0.0540 e. The van der Waals surface area contributed by atoms with Crippen LogP contribution in [0.5, 0.6) is 0 Å². The number of benzene rings is 4. The Balaban J connectivity index is 1.63. The van der Waals surface area contributed by atoms with Crippen LogP contribution in [0.1, 0.15) is 23.0 Å². The van der Waals surface area contributed by atoms with E-state index in [4.69, 9.17) is 0 Å². The van der Waals surface area contributed by atoms with Gasteiger partial charge in [0.1, 0.15) is 0 Å². The third kappa shape index (κ3) is 2.48. The smallest absolute Gasteiger partial charge is 0.0540 e. The molecular weight excluding hydrogens is 350 g/mol. The second-order valence-corrected chi connectivity index (χ2v) is 7.77. The molecule has 0 heterocycles. The Morgan fingerprint density at radius 1 is 0.517 bits per heavy atom. The van der Waals surface area contributed by atoms with Crippen LogP contribution >= 0.6 is 0 Å². The summed E-state index contributed by atoms with van der Waals surface area (Å²) in [5.74, 6) is 0.909. The van der Waals surface area contributed by atoms with E-state index in [9.17, 15) is 0 Å². The third-order valence-electron chi connectivity index (χ3n) is 6.20. The first-order valence-corrected chi connectivity index (χ1v) is 10.2. The van der Waals surface area contributed by atoms with Gasteiger partial charge in [0.2, 0.25) is 0 Å². The van der Waals surface area contributed by atoms with E-state index in [-0.39, 0.29) is 0 Å². The first-order valence-electron chi connectivity index (χ1n) is 10.2. The largest absolute Gasteiger partial charge is 0.310 e. The predicted octanol–water partition coefficient (Wildman–Crippen LogP) is 7.62. The van der Waals surface area contributed by atoms with Gasteiger partial charge in [-0.15, -0.1) is 0 Å². The fraction of sp³-hybridized carbons (Fsp3) is 0.0714. The zero-order valence-corrected chi connectivity index (χ0v) is 16.1. The lowest BCUT2D eigenvalue weighted by atomic mass is 9.86. The van der Waals surface area contributed by atoms with Crippen molar-refractivity contribution in [2.45, 2.75) is 11.8 Å². The quantitative estimate of drug-likeness (QED) is 0.358. The van der Waals surface area contributed by atoms with Gasteiger partial charge in [-0.05, 0) is 46.8 Å². The van der Waals surface area contributed by atoms with E-state index in [0.29, 0.717) is 11.8 Å². The molecule has 2 aliphatic carbocycles. The number of anilines is 3. The maximum atomic E-state index is 2.37. The zero-order valence-electron chi connectivity index (χ0n) is 16.1. The highest BCUT2D eigenvalue weighted by atomic mass is 15.1. The molecule has 0 spiro atoms. The van der Waals surface area contributed by atoms with Gasteiger partial charge in [0.25, 0.3) is 0 Å². The van der Waals surface area contributed by atoms with Gasteiger partial charge in [-0.1, -0.05) is 85.0 Å². The maximum absolute atomic E-state index is 2.37. The molecule has 0 radical (unpaired) electrons. The molecule has 4 aromatic carbocycles. The number of allylic oxidation sites excluding steroid dienone is 4. The molecule has 2 unspecified atom stereocenters. The van der Waals surface area contributed by atoms with Crippen molar-refractivity contribution in [1.82, 2.24) is 0 Å². The molecule has 138 valence electrons. The summed E-state index contributed by atoms with van der Waals surface area (Å²) in [6.07, 6.45) is 9.08. The van der Waals surface area contributed by atoms with Gasteiger partial charge in [-0.25, -0.2) is 0 Å². The van der Waals surface area contributed by atoms with Crippen molar-refractivity contribution in [1.29, 1.82) is 0 Å².